The quantitative estimate of drug-likeness (QED) is 0.569. The average molecular weight is 168 g/mol. The molecule has 0 radical (unpaired) electrons. The molecule has 1 atom stereocenters. The fourth-order valence-corrected chi connectivity index (χ4v) is 2.59. The Labute approximate surface area is 75.1 Å². The number of hydrogen-bond donors (Lipinski definition) is 2. The third-order valence-electron chi connectivity index (χ3n) is 3.37. The van der Waals surface area contributed by atoms with Gasteiger partial charge in [-0.1, -0.05) is 6.42 Å². The van der Waals surface area contributed by atoms with Gasteiger partial charge in [-0.3, -0.25) is 0 Å². The van der Waals surface area contributed by atoms with Gasteiger partial charge in [0.25, 0.3) is 0 Å². The first-order valence-corrected chi connectivity index (χ1v) is 5.37. The van der Waals surface area contributed by atoms with Crippen molar-refractivity contribution in [1.82, 2.24) is 10.6 Å². The highest BCUT2D eigenvalue weighted by atomic mass is 15.0. The van der Waals surface area contributed by atoms with Gasteiger partial charge in [0.05, 0.1) is 0 Å². The first-order valence-electron chi connectivity index (χ1n) is 5.37. The van der Waals surface area contributed by atoms with E-state index in [2.05, 4.69) is 10.6 Å². The van der Waals surface area contributed by atoms with Crippen LogP contribution in [0.2, 0.25) is 0 Å². The monoisotopic (exact) mass is 168 g/mol. The molecule has 1 spiro atoms. The Kier molecular flexibility index (Phi) is 2.66. The Morgan fingerprint density at radius 1 is 0.750 bits per heavy atom. The van der Waals surface area contributed by atoms with Crippen LogP contribution in [0.3, 0.4) is 0 Å². The first kappa shape index (κ1) is 8.52. The highest BCUT2D eigenvalue weighted by Gasteiger charge is 2.31. The molecule has 0 aromatic carbocycles. The van der Waals surface area contributed by atoms with Gasteiger partial charge in [-0.2, -0.15) is 0 Å². The zero-order valence-corrected chi connectivity index (χ0v) is 7.86. The largest absolute Gasteiger partial charge is 0.317 e. The van der Waals surface area contributed by atoms with Gasteiger partial charge in [-0.05, 0) is 51.7 Å². The SMILES string of the molecule is C1CCC2(CCCNCC2)NC1. The Morgan fingerprint density at radius 2 is 1.67 bits per heavy atom. The van der Waals surface area contributed by atoms with Crippen LogP contribution in [-0.4, -0.2) is 25.2 Å². The Balaban J connectivity index is 1.95. The van der Waals surface area contributed by atoms with Crippen LogP contribution in [-0.2, 0) is 0 Å². The van der Waals surface area contributed by atoms with Crippen LogP contribution in [0.1, 0.15) is 38.5 Å². The number of hydrogen-bond acceptors (Lipinski definition) is 2. The third-order valence-corrected chi connectivity index (χ3v) is 3.37. The molecular weight excluding hydrogens is 148 g/mol. The van der Waals surface area contributed by atoms with Gasteiger partial charge in [-0.25, -0.2) is 0 Å². The van der Waals surface area contributed by atoms with Crippen LogP contribution in [0, 0.1) is 0 Å². The standard InChI is InChI=1S/C10H20N2/c1-2-8-12-10(4-1)5-3-7-11-9-6-10/h11-12H,1-9H2. The lowest BCUT2D eigenvalue weighted by atomic mass is 9.83. The zero-order chi connectivity index (χ0) is 8.28. The smallest absolute Gasteiger partial charge is 0.0194 e. The van der Waals surface area contributed by atoms with Crippen molar-refractivity contribution in [3.05, 3.63) is 0 Å². The van der Waals surface area contributed by atoms with E-state index in [-0.39, 0.29) is 0 Å². The number of rotatable bonds is 0. The van der Waals surface area contributed by atoms with Crippen LogP contribution in [0.15, 0.2) is 0 Å². The van der Waals surface area contributed by atoms with E-state index in [4.69, 9.17) is 0 Å². The lowest BCUT2D eigenvalue weighted by molar-refractivity contribution is 0.229. The fraction of sp³-hybridized carbons (Fsp3) is 1.00. The Bertz CT molecular complexity index is 129. The van der Waals surface area contributed by atoms with Crippen LogP contribution < -0.4 is 10.6 Å². The first-order chi connectivity index (χ1) is 5.91. The minimum absolute atomic E-state index is 0.530. The zero-order valence-electron chi connectivity index (χ0n) is 7.86. The highest BCUT2D eigenvalue weighted by Crippen LogP contribution is 2.28. The van der Waals surface area contributed by atoms with Gasteiger partial charge in [0, 0.05) is 5.54 Å². The third kappa shape index (κ3) is 1.80. The maximum atomic E-state index is 3.73. The molecule has 2 aliphatic heterocycles. The maximum Gasteiger partial charge on any atom is 0.0194 e. The van der Waals surface area contributed by atoms with Crippen molar-refractivity contribution >= 4 is 0 Å². The summed E-state index contributed by atoms with van der Waals surface area (Å²) in [7, 11) is 0. The number of nitrogens with one attached hydrogen (secondary N) is 2. The second-order valence-corrected chi connectivity index (χ2v) is 4.27. The van der Waals surface area contributed by atoms with Crippen LogP contribution in [0.4, 0.5) is 0 Å². The van der Waals surface area contributed by atoms with E-state index >= 15 is 0 Å². The molecule has 0 aromatic rings. The summed E-state index contributed by atoms with van der Waals surface area (Å²) >= 11 is 0. The van der Waals surface area contributed by atoms with Crippen LogP contribution in [0.5, 0.6) is 0 Å². The normalized spacial score (nSPS) is 38.0. The summed E-state index contributed by atoms with van der Waals surface area (Å²) in [6.45, 7) is 3.69. The highest BCUT2D eigenvalue weighted by molar-refractivity contribution is 4.92. The van der Waals surface area contributed by atoms with Gasteiger partial charge in [-0.15, -0.1) is 0 Å². The molecule has 0 aromatic heterocycles. The van der Waals surface area contributed by atoms with Crippen molar-refractivity contribution in [3.63, 3.8) is 0 Å². The maximum absolute atomic E-state index is 3.73. The van der Waals surface area contributed by atoms with Gasteiger partial charge in [0.15, 0.2) is 0 Å². The van der Waals surface area contributed by atoms with E-state index in [1.165, 1.54) is 58.2 Å². The molecule has 2 heterocycles. The minimum atomic E-state index is 0.530. The summed E-state index contributed by atoms with van der Waals surface area (Å²) in [6, 6.07) is 0. The van der Waals surface area contributed by atoms with E-state index in [1.54, 1.807) is 0 Å². The summed E-state index contributed by atoms with van der Waals surface area (Å²) in [5, 5.41) is 7.21. The van der Waals surface area contributed by atoms with E-state index in [9.17, 15) is 0 Å². The molecule has 2 nitrogen and oxygen atoms in total. The lowest BCUT2D eigenvalue weighted by Gasteiger charge is -2.37. The molecule has 0 saturated carbocycles. The van der Waals surface area contributed by atoms with Crippen molar-refractivity contribution in [2.24, 2.45) is 0 Å². The second-order valence-electron chi connectivity index (χ2n) is 4.27. The molecule has 2 aliphatic rings. The topological polar surface area (TPSA) is 24.1 Å². The van der Waals surface area contributed by atoms with Crippen molar-refractivity contribution in [3.8, 4) is 0 Å². The van der Waals surface area contributed by atoms with E-state index < -0.39 is 0 Å². The molecule has 2 fully saturated rings. The molecule has 0 aliphatic carbocycles. The summed E-state index contributed by atoms with van der Waals surface area (Å²) in [5.74, 6) is 0. The molecule has 0 bridgehead atoms. The van der Waals surface area contributed by atoms with Gasteiger partial charge >= 0.3 is 0 Å². The van der Waals surface area contributed by atoms with Crippen LogP contribution >= 0.6 is 0 Å². The fourth-order valence-electron chi connectivity index (χ4n) is 2.59. The van der Waals surface area contributed by atoms with E-state index in [1.807, 2.05) is 0 Å². The average Bonchev–Trinajstić information content (AvgIpc) is 2.33. The van der Waals surface area contributed by atoms with Gasteiger partial charge < -0.3 is 10.6 Å². The van der Waals surface area contributed by atoms with E-state index in [0.29, 0.717) is 5.54 Å². The van der Waals surface area contributed by atoms with Crippen molar-refractivity contribution < 1.29 is 0 Å². The predicted octanol–water partition coefficient (Wildman–Crippen LogP) is 1.27. The summed E-state index contributed by atoms with van der Waals surface area (Å²) < 4.78 is 0. The molecule has 2 N–H and O–H groups in total. The molecule has 2 heteroatoms. The Hall–Kier alpha value is -0.0800. The van der Waals surface area contributed by atoms with Gasteiger partial charge in [0.1, 0.15) is 0 Å². The van der Waals surface area contributed by atoms with E-state index in [0.717, 1.165) is 0 Å². The molecule has 2 saturated heterocycles. The van der Waals surface area contributed by atoms with Crippen molar-refractivity contribution in [2.75, 3.05) is 19.6 Å². The molecular formula is C10H20N2. The minimum Gasteiger partial charge on any atom is -0.317 e. The van der Waals surface area contributed by atoms with Crippen LogP contribution in [0.25, 0.3) is 0 Å². The molecule has 0 amide bonds. The number of piperidine rings is 1. The van der Waals surface area contributed by atoms with Crippen molar-refractivity contribution in [1.29, 1.82) is 0 Å². The summed E-state index contributed by atoms with van der Waals surface area (Å²) in [5.41, 5.74) is 0.530. The summed E-state index contributed by atoms with van der Waals surface area (Å²) in [6.07, 6.45) is 8.32. The molecule has 12 heavy (non-hydrogen) atoms. The molecule has 2 rings (SSSR count). The van der Waals surface area contributed by atoms with Gasteiger partial charge in [0.2, 0.25) is 0 Å². The lowest BCUT2D eigenvalue weighted by Crippen LogP contribution is -2.48. The predicted molar refractivity (Wildman–Crippen MR) is 51.3 cm³/mol. The van der Waals surface area contributed by atoms with Crippen molar-refractivity contribution in [2.45, 2.75) is 44.1 Å². The summed E-state index contributed by atoms with van der Waals surface area (Å²) in [4.78, 5) is 0. The molecule has 1 unspecified atom stereocenters. The Morgan fingerprint density at radius 3 is 2.50 bits per heavy atom. The molecule has 70 valence electrons. The second kappa shape index (κ2) is 3.75.